The van der Waals surface area contributed by atoms with E-state index in [1.807, 2.05) is 0 Å². The lowest BCUT2D eigenvalue weighted by atomic mass is 9.70. The molecule has 2 fully saturated rings. The Labute approximate surface area is 146 Å². The van der Waals surface area contributed by atoms with E-state index < -0.39 is 0 Å². The van der Waals surface area contributed by atoms with Crippen LogP contribution < -0.4 is 5.43 Å². The number of carbonyl (C=O) groups is 1. The molecule has 2 aliphatic carbocycles. The molecule has 126 valence electrons. The number of carbonyl (C=O) groups excluding carboxylic acids is 1. The van der Waals surface area contributed by atoms with Gasteiger partial charge in [0.1, 0.15) is 5.58 Å². The average Bonchev–Trinajstić information content (AvgIpc) is 3.10. The van der Waals surface area contributed by atoms with Crippen LogP contribution >= 0.6 is 11.6 Å². The van der Waals surface area contributed by atoms with E-state index >= 15 is 0 Å². The molecule has 2 aliphatic rings. The van der Waals surface area contributed by atoms with Crippen LogP contribution in [0.15, 0.2) is 33.8 Å². The highest BCUT2D eigenvalue weighted by atomic mass is 35.5. The molecule has 0 spiro atoms. The van der Waals surface area contributed by atoms with E-state index in [1.54, 1.807) is 24.3 Å². The van der Waals surface area contributed by atoms with Gasteiger partial charge in [-0.05, 0) is 54.9 Å². The van der Waals surface area contributed by atoms with E-state index in [0.29, 0.717) is 16.5 Å². The smallest absolute Gasteiger partial charge is 0.307 e. The summed E-state index contributed by atoms with van der Waals surface area (Å²) < 4.78 is 5.59. The Kier molecular flexibility index (Phi) is 3.33. The largest absolute Gasteiger partial charge is 0.451 e. The maximum absolute atomic E-state index is 12.4. The molecule has 2 aromatic rings. The topological polar surface area (TPSA) is 54.6 Å². The van der Waals surface area contributed by atoms with E-state index in [9.17, 15) is 4.79 Å². The Hall–Kier alpha value is -1.81. The quantitative estimate of drug-likeness (QED) is 0.778. The second-order valence-electron chi connectivity index (χ2n) is 7.79. The van der Waals surface area contributed by atoms with Crippen molar-refractivity contribution in [3.05, 3.63) is 35.0 Å². The number of benzene rings is 1. The normalized spacial score (nSPS) is 29.5. The van der Waals surface area contributed by atoms with Crippen molar-refractivity contribution in [2.75, 3.05) is 0 Å². The fraction of sp³-hybridized carbons (Fsp3) is 0.474. The zero-order valence-corrected chi connectivity index (χ0v) is 14.9. The minimum absolute atomic E-state index is 0.0757. The van der Waals surface area contributed by atoms with Crippen LogP contribution in [-0.2, 0) is 0 Å². The Balaban J connectivity index is 1.56. The van der Waals surface area contributed by atoms with Crippen LogP contribution in [0.1, 0.15) is 50.6 Å². The van der Waals surface area contributed by atoms with Crippen LogP contribution in [0.2, 0.25) is 5.02 Å². The zero-order chi connectivity index (χ0) is 17.1. The molecule has 1 heterocycles. The van der Waals surface area contributed by atoms with Crippen molar-refractivity contribution in [1.29, 1.82) is 0 Å². The van der Waals surface area contributed by atoms with Crippen molar-refractivity contribution in [2.24, 2.45) is 21.8 Å². The van der Waals surface area contributed by atoms with Crippen LogP contribution in [0, 0.1) is 16.7 Å². The van der Waals surface area contributed by atoms with Gasteiger partial charge in [-0.15, -0.1) is 0 Å². The first-order chi connectivity index (χ1) is 11.3. The third-order valence-corrected chi connectivity index (χ3v) is 6.74. The number of hydrogen-bond donors (Lipinski definition) is 1. The molecule has 2 atom stereocenters. The van der Waals surface area contributed by atoms with Crippen molar-refractivity contribution in [3.8, 4) is 0 Å². The fourth-order valence-corrected chi connectivity index (χ4v) is 4.58. The summed E-state index contributed by atoms with van der Waals surface area (Å²) in [5, 5.41) is 5.90. The number of nitrogens with zero attached hydrogens (tertiary/aromatic N) is 1. The molecule has 2 saturated carbocycles. The Morgan fingerprint density at radius 2 is 2.12 bits per heavy atom. The van der Waals surface area contributed by atoms with E-state index in [1.165, 1.54) is 6.42 Å². The first-order valence-corrected chi connectivity index (χ1v) is 8.75. The molecule has 0 radical (unpaired) electrons. The second kappa shape index (κ2) is 5.09. The predicted molar refractivity (Wildman–Crippen MR) is 95.4 cm³/mol. The van der Waals surface area contributed by atoms with Gasteiger partial charge in [-0.25, -0.2) is 5.43 Å². The molecular weight excluding hydrogens is 324 g/mol. The van der Waals surface area contributed by atoms with Crippen LogP contribution in [0.25, 0.3) is 11.0 Å². The molecule has 24 heavy (non-hydrogen) atoms. The van der Waals surface area contributed by atoms with Crippen molar-refractivity contribution in [3.63, 3.8) is 0 Å². The standard InChI is InChI=1S/C19H21ClN2O2/c1-18(2)12-6-7-19(18,3)16(10-12)21-22-17(23)15-9-11-8-13(20)4-5-14(11)24-15/h4-5,8-9,12H,6-7,10H2,1-3H3,(H,22,23)/b21-16+/t12-,19+/m0/s1. The summed E-state index contributed by atoms with van der Waals surface area (Å²) in [5.74, 6) is 0.592. The monoisotopic (exact) mass is 344 g/mol. The highest BCUT2D eigenvalue weighted by Crippen LogP contribution is 2.63. The molecule has 1 amide bonds. The number of amides is 1. The van der Waals surface area contributed by atoms with E-state index in [0.717, 1.165) is 23.9 Å². The van der Waals surface area contributed by atoms with Gasteiger partial charge in [-0.1, -0.05) is 32.4 Å². The van der Waals surface area contributed by atoms with Gasteiger partial charge in [-0.2, -0.15) is 5.10 Å². The number of halogens is 1. The Morgan fingerprint density at radius 1 is 1.33 bits per heavy atom. The lowest BCUT2D eigenvalue weighted by Gasteiger charge is -2.34. The maximum atomic E-state index is 12.4. The number of furan rings is 1. The highest BCUT2D eigenvalue weighted by molar-refractivity contribution is 6.31. The second-order valence-corrected chi connectivity index (χ2v) is 8.22. The highest BCUT2D eigenvalue weighted by Gasteiger charge is 2.60. The van der Waals surface area contributed by atoms with Gasteiger partial charge in [0, 0.05) is 21.5 Å². The minimum Gasteiger partial charge on any atom is -0.451 e. The van der Waals surface area contributed by atoms with Crippen LogP contribution in [0.3, 0.4) is 0 Å². The Bertz CT molecular complexity index is 867. The number of nitrogens with one attached hydrogen (secondary N) is 1. The SMILES string of the molecule is CC1(C)[C@H]2CC[C@]1(C)/C(=N/NC(=O)c1cc3cc(Cl)ccc3o1)C2. The zero-order valence-electron chi connectivity index (χ0n) is 14.1. The van der Waals surface area contributed by atoms with Gasteiger partial charge in [0.2, 0.25) is 0 Å². The van der Waals surface area contributed by atoms with E-state index in [-0.39, 0.29) is 22.5 Å². The number of hydrogen-bond acceptors (Lipinski definition) is 3. The molecular formula is C19H21ClN2O2. The number of rotatable bonds is 2. The van der Waals surface area contributed by atoms with Gasteiger partial charge in [-0.3, -0.25) is 4.79 Å². The van der Waals surface area contributed by atoms with Gasteiger partial charge in [0.05, 0.1) is 0 Å². The summed E-state index contributed by atoms with van der Waals surface area (Å²) in [5.41, 5.74) is 4.76. The first-order valence-electron chi connectivity index (χ1n) is 8.38. The fourth-order valence-electron chi connectivity index (χ4n) is 4.40. The minimum atomic E-state index is -0.320. The molecule has 4 nitrogen and oxygen atoms in total. The number of hydrazone groups is 1. The summed E-state index contributed by atoms with van der Waals surface area (Å²) in [6, 6.07) is 6.99. The van der Waals surface area contributed by atoms with Crippen molar-refractivity contribution in [2.45, 2.75) is 40.0 Å². The number of fused-ring (bicyclic) bond motifs is 3. The molecule has 0 saturated heterocycles. The predicted octanol–water partition coefficient (Wildman–Crippen LogP) is 5.02. The first kappa shape index (κ1) is 15.7. The molecule has 2 bridgehead atoms. The molecule has 1 N–H and O–H groups in total. The molecule has 0 unspecified atom stereocenters. The lowest BCUT2D eigenvalue weighted by Crippen LogP contribution is -2.34. The van der Waals surface area contributed by atoms with Crippen LogP contribution in [0.5, 0.6) is 0 Å². The summed E-state index contributed by atoms with van der Waals surface area (Å²) in [6.07, 6.45) is 3.36. The Morgan fingerprint density at radius 3 is 2.79 bits per heavy atom. The summed E-state index contributed by atoms with van der Waals surface area (Å²) >= 11 is 5.97. The summed E-state index contributed by atoms with van der Waals surface area (Å²) in [6.45, 7) is 6.91. The molecule has 0 aliphatic heterocycles. The van der Waals surface area contributed by atoms with Crippen molar-refractivity contribution >= 4 is 34.2 Å². The van der Waals surface area contributed by atoms with E-state index in [4.69, 9.17) is 16.0 Å². The van der Waals surface area contributed by atoms with Crippen molar-refractivity contribution in [1.82, 2.24) is 5.43 Å². The average molecular weight is 345 g/mol. The van der Waals surface area contributed by atoms with Gasteiger partial charge < -0.3 is 4.42 Å². The lowest BCUT2D eigenvalue weighted by molar-refractivity contribution is 0.0928. The summed E-state index contributed by atoms with van der Waals surface area (Å²) in [4.78, 5) is 12.4. The van der Waals surface area contributed by atoms with Crippen molar-refractivity contribution < 1.29 is 9.21 Å². The van der Waals surface area contributed by atoms with E-state index in [2.05, 4.69) is 31.3 Å². The maximum Gasteiger partial charge on any atom is 0.307 e. The van der Waals surface area contributed by atoms with Gasteiger partial charge in [0.15, 0.2) is 5.76 Å². The molecule has 1 aromatic carbocycles. The third-order valence-electron chi connectivity index (χ3n) is 6.51. The van der Waals surface area contributed by atoms with Crippen LogP contribution in [-0.4, -0.2) is 11.6 Å². The third kappa shape index (κ3) is 2.12. The summed E-state index contributed by atoms with van der Waals surface area (Å²) in [7, 11) is 0. The van der Waals surface area contributed by atoms with Gasteiger partial charge >= 0.3 is 5.91 Å². The molecule has 5 heteroatoms. The van der Waals surface area contributed by atoms with Crippen LogP contribution in [0.4, 0.5) is 0 Å². The molecule has 4 rings (SSSR count). The van der Waals surface area contributed by atoms with Gasteiger partial charge in [0.25, 0.3) is 0 Å². The molecule has 1 aromatic heterocycles.